The van der Waals surface area contributed by atoms with Crippen LogP contribution in [0.5, 0.6) is 0 Å². The predicted molar refractivity (Wildman–Crippen MR) is 60.2 cm³/mol. The van der Waals surface area contributed by atoms with E-state index in [2.05, 4.69) is 0 Å². The lowest BCUT2D eigenvalue weighted by Gasteiger charge is -2.25. The zero-order chi connectivity index (χ0) is 11.6. The van der Waals surface area contributed by atoms with E-state index in [1.54, 1.807) is 24.3 Å². The van der Waals surface area contributed by atoms with Crippen LogP contribution < -0.4 is 0 Å². The molecule has 2 N–H and O–H groups in total. The van der Waals surface area contributed by atoms with Crippen molar-refractivity contribution < 1.29 is 15.0 Å². The van der Waals surface area contributed by atoms with Gasteiger partial charge in [0.2, 0.25) is 0 Å². The molecule has 0 saturated heterocycles. The van der Waals surface area contributed by atoms with Gasteiger partial charge in [0, 0.05) is 6.42 Å². The number of rotatable bonds is 2. The molecule has 0 spiro atoms. The fourth-order valence-electron chi connectivity index (χ4n) is 1.72. The first-order valence-corrected chi connectivity index (χ1v) is 5.02. The topological polar surface area (TPSA) is 57.5 Å². The van der Waals surface area contributed by atoms with Crippen molar-refractivity contribution in [2.45, 2.75) is 12.0 Å². The second kappa shape index (κ2) is 3.94. The van der Waals surface area contributed by atoms with Crippen molar-refractivity contribution in [2.24, 2.45) is 0 Å². The maximum atomic E-state index is 10.7. The van der Waals surface area contributed by atoms with Gasteiger partial charge >= 0.3 is 5.97 Å². The Morgan fingerprint density at radius 3 is 2.38 bits per heavy atom. The Balaban J connectivity index is 2.31. The van der Waals surface area contributed by atoms with Gasteiger partial charge < -0.3 is 10.2 Å². The molecule has 0 bridgehead atoms. The van der Waals surface area contributed by atoms with Crippen molar-refractivity contribution in [3.05, 3.63) is 59.7 Å². The van der Waals surface area contributed by atoms with Crippen molar-refractivity contribution in [1.29, 1.82) is 0 Å². The van der Waals surface area contributed by atoms with E-state index in [-0.39, 0.29) is 5.56 Å². The van der Waals surface area contributed by atoms with Gasteiger partial charge in [0.1, 0.15) is 5.60 Å². The van der Waals surface area contributed by atoms with Crippen LogP contribution in [0.15, 0.2) is 48.6 Å². The smallest absolute Gasteiger partial charge is 0.335 e. The van der Waals surface area contributed by atoms with Crippen LogP contribution in [-0.2, 0) is 5.60 Å². The second-order valence-corrected chi connectivity index (χ2v) is 3.80. The molecule has 1 aromatic rings. The molecule has 1 unspecified atom stereocenters. The van der Waals surface area contributed by atoms with Crippen LogP contribution in [0.1, 0.15) is 22.3 Å². The van der Waals surface area contributed by atoms with Crippen molar-refractivity contribution >= 4 is 5.97 Å². The first-order valence-electron chi connectivity index (χ1n) is 5.02. The third-order valence-corrected chi connectivity index (χ3v) is 2.68. The zero-order valence-electron chi connectivity index (χ0n) is 8.63. The summed E-state index contributed by atoms with van der Waals surface area (Å²) in [5, 5.41) is 19.0. The lowest BCUT2D eigenvalue weighted by atomic mass is 9.87. The van der Waals surface area contributed by atoms with Gasteiger partial charge in [0.25, 0.3) is 0 Å². The van der Waals surface area contributed by atoms with E-state index in [0.717, 1.165) is 0 Å². The van der Waals surface area contributed by atoms with Gasteiger partial charge in [-0.15, -0.1) is 0 Å². The number of carbonyl (C=O) groups is 1. The fraction of sp³-hybridized carbons (Fsp3) is 0.154. The van der Waals surface area contributed by atoms with Gasteiger partial charge in [-0.1, -0.05) is 30.4 Å². The van der Waals surface area contributed by atoms with Crippen LogP contribution in [0.4, 0.5) is 0 Å². The highest BCUT2D eigenvalue weighted by Crippen LogP contribution is 2.29. The molecular formula is C13H12O3. The predicted octanol–water partition coefficient (Wildman–Crippen LogP) is 2.09. The van der Waals surface area contributed by atoms with E-state index in [9.17, 15) is 9.90 Å². The van der Waals surface area contributed by atoms with Crippen LogP contribution in [0, 0.1) is 0 Å². The highest BCUT2D eigenvalue weighted by molar-refractivity contribution is 5.87. The Hall–Kier alpha value is -1.87. The quantitative estimate of drug-likeness (QED) is 0.795. The molecule has 3 heteroatoms. The second-order valence-electron chi connectivity index (χ2n) is 3.80. The summed E-state index contributed by atoms with van der Waals surface area (Å²) in [5.74, 6) is -0.961. The Kier molecular flexibility index (Phi) is 2.62. The zero-order valence-corrected chi connectivity index (χ0v) is 8.63. The van der Waals surface area contributed by atoms with Crippen LogP contribution >= 0.6 is 0 Å². The Morgan fingerprint density at radius 2 is 1.88 bits per heavy atom. The minimum Gasteiger partial charge on any atom is -0.478 e. The third-order valence-electron chi connectivity index (χ3n) is 2.68. The molecule has 0 amide bonds. The van der Waals surface area contributed by atoms with E-state index in [1.807, 2.05) is 12.2 Å². The molecule has 0 saturated carbocycles. The summed E-state index contributed by atoms with van der Waals surface area (Å²) in [7, 11) is 0. The summed E-state index contributed by atoms with van der Waals surface area (Å²) in [4.78, 5) is 10.7. The molecule has 2 rings (SSSR count). The van der Waals surface area contributed by atoms with Gasteiger partial charge in [-0.3, -0.25) is 0 Å². The molecule has 0 aromatic heterocycles. The summed E-state index contributed by atoms with van der Waals surface area (Å²) in [6, 6.07) is 6.30. The van der Waals surface area contributed by atoms with Crippen LogP contribution in [0.3, 0.4) is 0 Å². The van der Waals surface area contributed by atoms with E-state index < -0.39 is 11.6 Å². The molecule has 0 fully saturated rings. The molecule has 3 nitrogen and oxygen atoms in total. The third kappa shape index (κ3) is 1.90. The summed E-state index contributed by atoms with van der Waals surface area (Å²) in [5.41, 5.74) is -0.0769. The van der Waals surface area contributed by atoms with E-state index in [0.29, 0.717) is 12.0 Å². The Labute approximate surface area is 93.4 Å². The summed E-state index contributed by atoms with van der Waals surface area (Å²) < 4.78 is 0. The van der Waals surface area contributed by atoms with Crippen molar-refractivity contribution in [1.82, 2.24) is 0 Å². The number of hydrogen-bond acceptors (Lipinski definition) is 2. The number of hydrogen-bond donors (Lipinski definition) is 2. The number of carboxylic acids is 1. The van der Waals surface area contributed by atoms with Crippen molar-refractivity contribution in [2.75, 3.05) is 0 Å². The summed E-state index contributed by atoms with van der Waals surface area (Å²) in [6.07, 6.45) is 7.76. The standard InChI is InChI=1S/C13H12O3/c14-12(15)10-4-6-11(7-5-10)13(16)8-2-1-3-9-13/h1-8,16H,9H2,(H,14,15). The Morgan fingerprint density at radius 1 is 1.19 bits per heavy atom. The van der Waals surface area contributed by atoms with E-state index in [1.165, 1.54) is 12.1 Å². The number of allylic oxidation sites excluding steroid dienone is 2. The van der Waals surface area contributed by atoms with E-state index in [4.69, 9.17) is 5.11 Å². The largest absolute Gasteiger partial charge is 0.478 e. The number of aromatic carboxylic acids is 1. The molecule has 1 atom stereocenters. The molecule has 0 radical (unpaired) electrons. The van der Waals surface area contributed by atoms with Crippen molar-refractivity contribution in [3.8, 4) is 0 Å². The molecule has 1 aliphatic carbocycles. The highest BCUT2D eigenvalue weighted by atomic mass is 16.4. The minimum absolute atomic E-state index is 0.225. The normalized spacial score (nSPS) is 23.3. The average molecular weight is 216 g/mol. The average Bonchev–Trinajstić information content (AvgIpc) is 2.30. The maximum absolute atomic E-state index is 10.7. The molecule has 82 valence electrons. The fourth-order valence-corrected chi connectivity index (χ4v) is 1.72. The van der Waals surface area contributed by atoms with Gasteiger partial charge in [0.05, 0.1) is 5.56 Å². The molecular weight excluding hydrogens is 204 g/mol. The number of benzene rings is 1. The molecule has 0 heterocycles. The van der Waals surface area contributed by atoms with Crippen molar-refractivity contribution in [3.63, 3.8) is 0 Å². The number of aliphatic hydroxyl groups is 1. The SMILES string of the molecule is O=C(O)c1ccc(C2(O)C=CC=CC2)cc1. The van der Waals surface area contributed by atoms with Gasteiger partial charge in [0.15, 0.2) is 0 Å². The lowest BCUT2D eigenvalue weighted by molar-refractivity contribution is 0.0695. The van der Waals surface area contributed by atoms with Gasteiger partial charge in [-0.2, -0.15) is 0 Å². The monoisotopic (exact) mass is 216 g/mol. The first kappa shape index (κ1) is 10.6. The molecule has 0 aliphatic heterocycles. The van der Waals surface area contributed by atoms with Gasteiger partial charge in [-0.05, 0) is 23.8 Å². The first-order chi connectivity index (χ1) is 7.62. The molecule has 1 aliphatic rings. The van der Waals surface area contributed by atoms with Gasteiger partial charge in [-0.25, -0.2) is 4.79 Å². The maximum Gasteiger partial charge on any atom is 0.335 e. The van der Waals surface area contributed by atoms with Crippen LogP contribution in [0.2, 0.25) is 0 Å². The van der Waals surface area contributed by atoms with E-state index >= 15 is 0 Å². The van der Waals surface area contributed by atoms with Crippen LogP contribution in [0.25, 0.3) is 0 Å². The summed E-state index contributed by atoms with van der Waals surface area (Å²) >= 11 is 0. The number of carboxylic acid groups (broad SMARTS) is 1. The highest BCUT2D eigenvalue weighted by Gasteiger charge is 2.25. The minimum atomic E-state index is -1.01. The Bertz CT molecular complexity index is 457. The lowest BCUT2D eigenvalue weighted by Crippen LogP contribution is -2.23. The molecule has 1 aromatic carbocycles. The molecule has 16 heavy (non-hydrogen) atoms. The van der Waals surface area contributed by atoms with Crippen LogP contribution in [-0.4, -0.2) is 16.2 Å². The summed E-state index contributed by atoms with van der Waals surface area (Å²) in [6.45, 7) is 0.